The Bertz CT molecular complexity index is 978. The van der Waals surface area contributed by atoms with E-state index in [1.54, 1.807) is 15.8 Å². The average Bonchev–Trinajstić information content (AvgIpc) is 3.21. The molecule has 30 heavy (non-hydrogen) atoms. The second-order valence-corrected chi connectivity index (χ2v) is 14.2. The smallest absolute Gasteiger partial charge is 0.280 e. The molecule has 3 rings (SSSR count). The number of aliphatic hydroxyl groups is 1. The lowest BCUT2D eigenvalue weighted by molar-refractivity contribution is -0.0405. The fraction of sp³-hybridized carbons (Fsp3) is 0.684. The summed E-state index contributed by atoms with van der Waals surface area (Å²) in [5.41, 5.74) is 0.201. The zero-order valence-electron chi connectivity index (χ0n) is 18.7. The van der Waals surface area contributed by atoms with Crippen LogP contribution in [0.2, 0.25) is 18.1 Å². The second kappa shape index (κ2) is 8.21. The molecule has 0 saturated carbocycles. The van der Waals surface area contributed by atoms with Crippen LogP contribution in [0, 0.1) is 0 Å². The van der Waals surface area contributed by atoms with E-state index >= 15 is 0 Å². The van der Waals surface area contributed by atoms with E-state index in [1.165, 1.54) is 6.33 Å². The molecule has 166 valence electrons. The van der Waals surface area contributed by atoms with Gasteiger partial charge in [-0.25, -0.2) is 9.98 Å². The Morgan fingerprint density at radius 2 is 2.17 bits per heavy atom. The summed E-state index contributed by atoms with van der Waals surface area (Å²) >= 11 is 0. The Kier molecular flexibility index (Phi) is 6.19. The number of aromatic nitrogens is 4. The third-order valence-corrected chi connectivity index (χ3v) is 10.3. The summed E-state index contributed by atoms with van der Waals surface area (Å²) in [5.74, 6) is 0.180. The molecule has 2 N–H and O–H groups in total. The zero-order chi connectivity index (χ0) is 22.3. The predicted molar refractivity (Wildman–Crippen MR) is 118 cm³/mol. The van der Waals surface area contributed by atoms with E-state index in [0.29, 0.717) is 18.7 Å². The fourth-order valence-corrected chi connectivity index (χ4v) is 3.91. The first-order valence-corrected chi connectivity index (χ1v) is 12.9. The van der Waals surface area contributed by atoms with Crippen LogP contribution in [0.3, 0.4) is 0 Å². The number of imidazole rings is 1. The standard InChI is InChI=1S/C19H32N6O4Si/c1-19(2,3)30(6,7)28-9-13-12(26)8-14(29-13)25-11-20-15-16(25)22-18(23-17(15)27)21-10-24(4)5/h10-14,26H,8-9H2,1-7H3,(H,22,23,27)/b21-10-/t12?,13-,14-/m1/s1. The van der Waals surface area contributed by atoms with Crippen molar-refractivity contribution in [2.24, 2.45) is 4.99 Å². The Morgan fingerprint density at radius 3 is 2.80 bits per heavy atom. The van der Waals surface area contributed by atoms with Gasteiger partial charge in [0.2, 0.25) is 5.95 Å². The lowest BCUT2D eigenvalue weighted by atomic mass is 10.2. The van der Waals surface area contributed by atoms with E-state index in [4.69, 9.17) is 9.16 Å². The van der Waals surface area contributed by atoms with Gasteiger partial charge in [0.25, 0.3) is 5.56 Å². The monoisotopic (exact) mass is 436 g/mol. The summed E-state index contributed by atoms with van der Waals surface area (Å²) in [6.45, 7) is 11.2. The van der Waals surface area contributed by atoms with Crippen LogP contribution in [0.5, 0.6) is 0 Å². The molecule has 0 spiro atoms. The number of rotatable bonds is 6. The summed E-state index contributed by atoms with van der Waals surface area (Å²) in [6.07, 6.45) is 1.82. The van der Waals surface area contributed by atoms with Gasteiger partial charge in [0.1, 0.15) is 12.3 Å². The van der Waals surface area contributed by atoms with Crippen molar-refractivity contribution in [1.82, 2.24) is 24.4 Å². The molecule has 1 saturated heterocycles. The SMILES string of the molecule is CN(C)/C=N\c1nc2c(ncn2[C@H]2CC(O)[C@@H](CO[Si](C)(C)C(C)(C)C)O2)c(=O)[nH]1. The maximum atomic E-state index is 12.3. The first-order valence-electron chi connectivity index (χ1n) is 10.0. The van der Waals surface area contributed by atoms with Crippen molar-refractivity contribution in [3.05, 3.63) is 16.7 Å². The highest BCUT2D eigenvalue weighted by atomic mass is 28.4. The highest BCUT2D eigenvalue weighted by Crippen LogP contribution is 2.38. The molecule has 3 atom stereocenters. The van der Waals surface area contributed by atoms with Crippen LogP contribution in [-0.4, -0.2) is 77.1 Å². The van der Waals surface area contributed by atoms with Gasteiger partial charge in [-0.05, 0) is 18.1 Å². The minimum atomic E-state index is -1.96. The fourth-order valence-electron chi connectivity index (χ4n) is 2.90. The van der Waals surface area contributed by atoms with Crippen molar-refractivity contribution in [3.63, 3.8) is 0 Å². The number of hydrogen-bond acceptors (Lipinski definition) is 7. The number of hydrogen-bond donors (Lipinski definition) is 2. The Hall–Kier alpha value is -2.08. The number of aromatic amines is 1. The van der Waals surface area contributed by atoms with E-state index in [0.717, 1.165) is 0 Å². The number of nitrogens with zero attached hydrogens (tertiary/aromatic N) is 5. The molecule has 0 amide bonds. The molecule has 1 aliphatic rings. The zero-order valence-corrected chi connectivity index (χ0v) is 19.7. The van der Waals surface area contributed by atoms with Gasteiger partial charge in [-0.1, -0.05) is 20.8 Å². The number of ether oxygens (including phenoxy) is 1. The van der Waals surface area contributed by atoms with Crippen LogP contribution in [0.15, 0.2) is 16.1 Å². The molecule has 2 aromatic heterocycles. The van der Waals surface area contributed by atoms with Crippen LogP contribution in [0.1, 0.15) is 33.4 Å². The summed E-state index contributed by atoms with van der Waals surface area (Å²) < 4.78 is 14.0. The molecule has 3 heterocycles. The molecule has 1 aliphatic heterocycles. The predicted octanol–water partition coefficient (Wildman–Crippen LogP) is 2.01. The van der Waals surface area contributed by atoms with Gasteiger partial charge in [0, 0.05) is 20.5 Å². The minimum Gasteiger partial charge on any atom is -0.414 e. The average molecular weight is 437 g/mol. The molecule has 0 aliphatic carbocycles. The second-order valence-electron chi connectivity index (χ2n) is 9.43. The van der Waals surface area contributed by atoms with E-state index < -0.39 is 26.8 Å². The van der Waals surface area contributed by atoms with Crippen molar-refractivity contribution in [3.8, 4) is 0 Å². The molecule has 10 nitrogen and oxygen atoms in total. The van der Waals surface area contributed by atoms with Gasteiger partial charge in [0.05, 0.1) is 25.4 Å². The highest BCUT2D eigenvalue weighted by Gasteiger charge is 2.41. The first kappa shape index (κ1) is 22.6. The molecule has 2 aromatic rings. The van der Waals surface area contributed by atoms with E-state index in [9.17, 15) is 9.90 Å². The maximum absolute atomic E-state index is 12.3. The molecular weight excluding hydrogens is 404 g/mol. The Balaban J connectivity index is 1.80. The third-order valence-electron chi connectivity index (χ3n) is 5.76. The number of nitrogens with one attached hydrogen (secondary N) is 1. The van der Waals surface area contributed by atoms with Crippen molar-refractivity contribution in [2.75, 3.05) is 20.7 Å². The van der Waals surface area contributed by atoms with Crippen molar-refractivity contribution in [2.45, 2.75) is 63.8 Å². The van der Waals surface area contributed by atoms with Gasteiger partial charge in [-0.3, -0.25) is 14.3 Å². The maximum Gasteiger partial charge on any atom is 0.280 e. The van der Waals surface area contributed by atoms with Crippen molar-refractivity contribution in [1.29, 1.82) is 0 Å². The van der Waals surface area contributed by atoms with Crippen LogP contribution in [0.25, 0.3) is 11.2 Å². The normalized spacial score (nSPS) is 23.0. The third kappa shape index (κ3) is 4.64. The van der Waals surface area contributed by atoms with Gasteiger partial charge in [0.15, 0.2) is 19.5 Å². The quantitative estimate of drug-likeness (QED) is 0.404. The van der Waals surface area contributed by atoms with Gasteiger partial charge < -0.3 is 19.2 Å². The number of aliphatic hydroxyl groups excluding tert-OH is 1. The summed E-state index contributed by atoms with van der Waals surface area (Å²) in [6, 6.07) is 0. The van der Waals surface area contributed by atoms with Crippen LogP contribution >= 0.6 is 0 Å². The molecular formula is C19H32N6O4Si. The lowest BCUT2D eigenvalue weighted by Crippen LogP contribution is -2.43. The van der Waals surface area contributed by atoms with Gasteiger partial charge in [-0.15, -0.1) is 0 Å². The molecule has 0 radical (unpaired) electrons. The highest BCUT2D eigenvalue weighted by molar-refractivity contribution is 6.74. The van der Waals surface area contributed by atoms with Crippen LogP contribution < -0.4 is 5.56 Å². The van der Waals surface area contributed by atoms with E-state index in [2.05, 4.69) is 53.8 Å². The largest absolute Gasteiger partial charge is 0.414 e. The van der Waals surface area contributed by atoms with Gasteiger partial charge in [-0.2, -0.15) is 4.98 Å². The van der Waals surface area contributed by atoms with Crippen LogP contribution in [0.4, 0.5) is 5.95 Å². The molecule has 0 aromatic carbocycles. The summed E-state index contributed by atoms with van der Waals surface area (Å²) in [7, 11) is 1.69. The minimum absolute atomic E-state index is 0.0743. The number of H-pyrrole nitrogens is 1. The molecule has 1 fully saturated rings. The Morgan fingerprint density at radius 1 is 1.47 bits per heavy atom. The lowest BCUT2D eigenvalue weighted by Gasteiger charge is -2.37. The number of fused-ring (bicyclic) bond motifs is 1. The van der Waals surface area contributed by atoms with Crippen LogP contribution in [-0.2, 0) is 9.16 Å². The summed E-state index contributed by atoms with van der Waals surface area (Å²) in [5, 5.41) is 10.6. The van der Waals surface area contributed by atoms with Crippen molar-refractivity contribution >= 4 is 31.8 Å². The topological polar surface area (TPSA) is 118 Å². The molecule has 1 unspecified atom stereocenters. The van der Waals surface area contributed by atoms with E-state index in [-0.39, 0.29) is 22.1 Å². The van der Waals surface area contributed by atoms with E-state index in [1.807, 2.05) is 14.1 Å². The van der Waals surface area contributed by atoms with Gasteiger partial charge >= 0.3 is 0 Å². The number of aliphatic imine (C=N–C) groups is 1. The van der Waals surface area contributed by atoms with Crippen molar-refractivity contribution < 1.29 is 14.3 Å². The molecule has 11 heteroatoms. The summed E-state index contributed by atoms with van der Waals surface area (Å²) in [4.78, 5) is 29.4. The molecule has 0 bridgehead atoms. The Labute approximate surface area is 177 Å². The first-order chi connectivity index (χ1) is 13.9.